The second-order valence-electron chi connectivity index (χ2n) is 7.58. The Balaban J connectivity index is 0.00000210. The Morgan fingerprint density at radius 2 is 1.59 bits per heavy atom. The fourth-order valence-electron chi connectivity index (χ4n) is 3.95. The average molecular weight is 439 g/mol. The van der Waals surface area contributed by atoms with Crippen LogP contribution in [0.3, 0.4) is 0 Å². The Kier molecular flexibility index (Phi) is 11.0. The lowest BCUT2D eigenvalue weighted by molar-refractivity contribution is 0.302. The summed E-state index contributed by atoms with van der Waals surface area (Å²) in [6, 6.07) is 13.2. The maximum atomic E-state index is 5.09. The van der Waals surface area contributed by atoms with Crippen molar-refractivity contribution in [2.24, 2.45) is 4.99 Å². The molecule has 0 aliphatic carbocycles. The van der Waals surface area contributed by atoms with E-state index in [1.54, 1.807) is 0 Å². The number of benzene rings is 2. The van der Waals surface area contributed by atoms with E-state index in [-0.39, 0.29) is 24.8 Å². The van der Waals surface area contributed by atoms with Crippen molar-refractivity contribution < 1.29 is 0 Å². The molecular weight excluding hydrogens is 403 g/mol. The van der Waals surface area contributed by atoms with E-state index in [4.69, 9.17) is 4.99 Å². The summed E-state index contributed by atoms with van der Waals surface area (Å²) in [6.45, 7) is 10.8. The first-order valence-electron chi connectivity index (χ1n) is 10.4. The molecule has 1 aliphatic rings. The average Bonchev–Trinajstić information content (AvgIpc) is 2.97. The number of rotatable bonds is 10. The van der Waals surface area contributed by atoms with Gasteiger partial charge in [-0.2, -0.15) is 0 Å². The highest BCUT2D eigenvalue weighted by Gasteiger charge is 2.27. The van der Waals surface area contributed by atoms with Crippen molar-refractivity contribution in [2.45, 2.75) is 26.7 Å². The van der Waals surface area contributed by atoms with Gasteiger partial charge >= 0.3 is 0 Å². The number of anilines is 1. The number of hydrogen-bond donors (Lipinski definition) is 0. The molecule has 6 heteroatoms. The molecule has 1 heterocycles. The summed E-state index contributed by atoms with van der Waals surface area (Å²) in [5.74, 6) is 1.17. The fraction of sp³-hybridized carbons (Fsp3) is 0.522. The summed E-state index contributed by atoms with van der Waals surface area (Å²) in [7, 11) is 4.28. The van der Waals surface area contributed by atoms with Gasteiger partial charge in [-0.1, -0.05) is 44.2 Å². The van der Waals surface area contributed by atoms with Crippen molar-refractivity contribution in [1.82, 2.24) is 9.80 Å². The van der Waals surface area contributed by atoms with Crippen molar-refractivity contribution >= 4 is 47.1 Å². The van der Waals surface area contributed by atoms with Crippen LogP contribution in [0, 0.1) is 0 Å². The quantitative estimate of drug-likeness (QED) is 0.490. The van der Waals surface area contributed by atoms with Crippen LogP contribution in [-0.2, 0) is 0 Å². The van der Waals surface area contributed by atoms with Gasteiger partial charge in [-0.25, -0.2) is 0 Å². The topological polar surface area (TPSA) is 22.1 Å². The lowest BCUT2D eigenvalue weighted by Crippen LogP contribution is -2.31. The van der Waals surface area contributed by atoms with Gasteiger partial charge in [0.25, 0.3) is 0 Å². The molecule has 162 valence electrons. The van der Waals surface area contributed by atoms with Gasteiger partial charge in [-0.3, -0.25) is 4.99 Å². The Morgan fingerprint density at radius 3 is 2.24 bits per heavy atom. The Morgan fingerprint density at radius 1 is 0.897 bits per heavy atom. The van der Waals surface area contributed by atoms with Gasteiger partial charge in [0.2, 0.25) is 0 Å². The Labute approximate surface area is 188 Å². The van der Waals surface area contributed by atoms with Crippen molar-refractivity contribution in [3.8, 4) is 0 Å². The summed E-state index contributed by atoms with van der Waals surface area (Å²) >= 11 is 0. The normalized spacial score (nSPS) is 14.0. The van der Waals surface area contributed by atoms with Crippen molar-refractivity contribution in [3.63, 3.8) is 0 Å². The van der Waals surface area contributed by atoms with Crippen LogP contribution in [0.15, 0.2) is 41.4 Å². The lowest BCUT2D eigenvalue weighted by Gasteiger charge is -2.22. The monoisotopic (exact) mass is 438 g/mol. The molecule has 0 aromatic heterocycles. The molecule has 4 nitrogen and oxygen atoms in total. The van der Waals surface area contributed by atoms with E-state index in [0.717, 1.165) is 52.1 Å². The SMILES string of the molecule is CCN(CC)CCCN=C1c2cccc3cccc(c23)N1CCCN(C)C.Cl.Cl. The molecule has 0 amide bonds. The number of halogens is 2. The van der Waals surface area contributed by atoms with Gasteiger partial charge in [-0.15, -0.1) is 24.8 Å². The lowest BCUT2D eigenvalue weighted by atomic mass is 10.1. The van der Waals surface area contributed by atoms with Crippen LogP contribution in [0.1, 0.15) is 32.3 Å². The zero-order chi connectivity index (χ0) is 19.2. The molecular formula is C23H36Cl2N4. The first-order valence-corrected chi connectivity index (χ1v) is 10.4. The number of aliphatic imine (C=N–C) groups is 1. The molecule has 0 atom stereocenters. The van der Waals surface area contributed by atoms with Crippen LogP contribution in [0.2, 0.25) is 0 Å². The number of nitrogens with zero attached hydrogens (tertiary/aromatic N) is 4. The van der Waals surface area contributed by atoms with Gasteiger partial charge < -0.3 is 14.7 Å². The molecule has 0 saturated heterocycles. The molecule has 0 unspecified atom stereocenters. The van der Waals surface area contributed by atoms with Gasteiger partial charge in [0.1, 0.15) is 5.84 Å². The van der Waals surface area contributed by atoms with Gasteiger partial charge in [-0.05, 0) is 64.6 Å². The third kappa shape index (κ3) is 6.08. The smallest absolute Gasteiger partial charge is 0.136 e. The molecule has 29 heavy (non-hydrogen) atoms. The molecule has 0 radical (unpaired) electrons. The van der Waals surface area contributed by atoms with Gasteiger partial charge in [0, 0.05) is 24.0 Å². The molecule has 0 spiro atoms. The van der Waals surface area contributed by atoms with Crippen LogP contribution in [0.4, 0.5) is 5.69 Å². The summed E-state index contributed by atoms with van der Waals surface area (Å²) in [5, 5.41) is 2.68. The van der Waals surface area contributed by atoms with E-state index >= 15 is 0 Å². The summed E-state index contributed by atoms with van der Waals surface area (Å²) in [6.07, 6.45) is 2.25. The number of amidine groups is 1. The zero-order valence-electron chi connectivity index (χ0n) is 18.2. The largest absolute Gasteiger partial charge is 0.326 e. The summed E-state index contributed by atoms with van der Waals surface area (Å²) in [4.78, 5) is 12.3. The fourth-order valence-corrected chi connectivity index (χ4v) is 3.95. The highest BCUT2D eigenvalue weighted by atomic mass is 35.5. The van der Waals surface area contributed by atoms with Crippen molar-refractivity contribution in [1.29, 1.82) is 0 Å². The Bertz CT molecular complexity index is 782. The second kappa shape index (κ2) is 12.4. The third-order valence-corrected chi connectivity index (χ3v) is 5.45. The molecule has 1 aliphatic heterocycles. The third-order valence-electron chi connectivity index (χ3n) is 5.45. The molecule has 0 N–H and O–H groups in total. The highest BCUT2D eigenvalue weighted by molar-refractivity contribution is 6.27. The predicted molar refractivity (Wildman–Crippen MR) is 133 cm³/mol. The molecule has 0 bridgehead atoms. The van der Waals surface area contributed by atoms with E-state index < -0.39 is 0 Å². The minimum atomic E-state index is 0. The highest BCUT2D eigenvalue weighted by Crippen LogP contribution is 2.37. The first kappa shape index (κ1) is 25.7. The summed E-state index contributed by atoms with van der Waals surface area (Å²) in [5.41, 5.74) is 2.63. The first-order chi connectivity index (χ1) is 13.2. The van der Waals surface area contributed by atoms with E-state index in [9.17, 15) is 0 Å². The maximum Gasteiger partial charge on any atom is 0.136 e. The number of hydrogen-bond acceptors (Lipinski definition) is 3. The Hall–Kier alpha value is -1.33. The van der Waals surface area contributed by atoms with E-state index in [0.29, 0.717) is 0 Å². The zero-order valence-corrected chi connectivity index (χ0v) is 19.9. The van der Waals surface area contributed by atoms with Crippen LogP contribution in [-0.4, -0.2) is 69.0 Å². The molecule has 0 fully saturated rings. The van der Waals surface area contributed by atoms with Crippen molar-refractivity contribution in [3.05, 3.63) is 42.0 Å². The molecule has 3 rings (SSSR count). The maximum absolute atomic E-state index is 5.09. The van der Waals surface area contributed by atoms with Crippen LogP contribution >= 0.6 is 24.8 Å². The van der Waals surface area contributed by atoms with Gasteiger partial charge in [0.15, 0.2) is 0 Å². The molecule has 2 aromatic carbocycles. The van der Waals surface area contributed by atoms with Crippen LogP contribution < -0.4 is 4.90 Å². The van der Waals surface area contributed by atoms with Crippen LogP contribution in [0.25, 0.3) is 10.8 Å². The van der Waals surface area contributed by atoms with Crippen LogP contribution in [0.5, 0.6) is 0 Å². The summed E-state index contributed by atoms with van der Waals surface area (Å²) < 4.78 is 0. The minimum Gasteiger partial charge on any atom is -0.326 e. The predicted octanol–water partition coefficient (Wildman–Crippen LogP) is 4.93. The van der Waals surface area contributed by atoms with E-state index in [1.165, 1.54) is 27.9 Å². The van der Waals surface area contributed by atoms with Gasteiger partial charge in [0.05, 0.1) is 5.69 Å². The van der Waals surface area contributed by atoms with E-state index in [2.05, 4.69) is 79.0 Å². The van der Waals surface area contributed by atoms with Crippen molar-refractivity contribution in [2.75, 3.05) is 58.3 Å². The molecule has 2 aromatic rings. The standard InChI is InChI=1S/C23H34N4.2ClH/c1-5-26(6-2)17-9-15-24-23-20-13-7-11-19-12-8-14-21(22(19)20)27(23)18-10-16-25(3)4;;/h7-8,11-14H,5-6,9-10,15-18H2,1-4H3;2*1H. The minimum absolute atomic E-state index is 0. The second-order valence-corrected chi connectivity index (χ2v) is 7.58. The van der Waals surface area contributed by atoms with E-state index in [1.807, 2.05) is 0 Å². The molecule has 0 saturated carbocycles.